The number of ether oxygens (including phenoxy) is 3. The number of phenolic OH excluding ortho intramolecular Hbond substituents is 1. The highest BCUT2D eigenvalue weighted by Crippen LogP contribution is 2.39. The Hall–Kier alpha value is -3.42. The summed E-state index contributed by atoms with van der Waals surface area (Å²) in [4.78, 5) is 15.4. The van der Waals surface area contributed by atoms with Crippen molar-refractivity contribution in [2.24, 2.45) is 0 Å². The number of methoxy groups -OCH3 is 1. The van der Waals surface area contributed by atoms with Crippen molar-refractivity contribution < 1.29 is 24.1 Å². The largest absolute Gasteiger partial charge is 0.507 e. The molecule has 2 aliphatic heterocycles. The molecule has 2 N–H and O–H groups in total. The number of anilines is 1. The van der Waals surface area contributed by atoms with E-state index in [0.717, 1.165) is 41.2 Å². The summed E-state index contributed by atoms with van der Waals surface area (Å²) < 4.78 is 17.0. The summed E-state index contributed by atoms with van der Waals surface area (Å²) in [6, 6.07) is 16.7. The van der Waals surface area contributed by atoms with Gasteiger partial charge in [0.15, 0.2) is 0 Å². The number of carbonyl (C=O) groups excluding carboxylic acids is 1. The van der Waals surface area contributed by atoms with Gasteiger partial charge in [-0.05, 0) is 41.3 Å². The molecule has 0 radical (unpaired) electrons. The number of rotatable bonds is 7. The van der Waals surface area contributed by atoms with Crippen LogP contribution in [0.4, 0.5) is 5.69 Å². The van der Waals surface area contributed by atoms with E-state index < -0.39 is 0 Å². The maximum atomic E-state index is 13.7. The number of nitrogens with zero attached hydrogens (tertiary/aromatic N) is 1. The summed E-state index contributed by atoms with van der Waals surface area (Å²) >= 11 is 6.18. The molecule has 1 amide bonds. The van der Waals surface area contributed by atoms with Crippen LogP contribution in [-0.4, -0.2) is 42.3 Å². The van der Waals surface area contributed by atoms with Gasteiger partial charge in [0.05, 0.1) is 19.8 Å². The van der Waals surface area contributed by atoms with E-state index in [4.69, 9.17) is 25.8 Å². The van der Waals surface area contributed by atoms with E-state index in [0.29, 0.717) is 24.7 Å². The van der Waals surface area contributed by atoms with Crippen LogP contribution >= 0.6 is 11.6 Å². The highest BCUT2D eigenvalue weighted by molar-refractivity contribution is 6.31. The monoisotopic (exact) mass is 494 g/mol. The van der Waals surface area contributed by atoms with Gasteiger partial charge in [-0.15, -0.1) is 0 Å². The van der Waals surface area contributed by atoms with E-state index in [1.165, 1.54) is 6.07 Å². The van der Waals surface area contributed by atoms with E-state index in [-0.39, 0.29) is 35.6 Å². The molecule has 2 heterocycles. The van der Waals surface area contributed by atoms with Crippen LogP contribution in [0, 0.1) is 0 Å². The molecule has 0 unspecified atom stereocenters. The fraction of sp³-hybridized carbons (Fsp3) is 0.296. The van der Waals surface area contributed by atoms with E-state index in [2.05, 4.69) is 5.32 Å². The maximum Gasteiger partial charge on any atom is 0.262 e. The first-order valence-electron chi connectivity index (χ1n) is 11.5. The van der Waals surface area contributed by atoms with Crippen molar-refractivity contribution in [2.45, 2.75) is 32.2 Å². The maximum absolute atomic E-state index is 13.7. The molecule has 182 valence electrons. The third kappa shape index (κ3) is 5.01. The van der Waals surface area contributed by atoms with Crippen LogP contribution in [0.2, 0.25) is 5.02 Å². The lowest BCUT2D eigenvalue weighted by molar-refractivity contribution is 0.0743. The third-order valence-electron chi connectivity index (χ3n) is 6.34. The fourth-order valence-electron chi connectivity index (χ4n) is 4.53. The van der Waals surface area contributed by atoms with Crippen molar-refractivity contribution in [3.8, 4) is 17.2 Å². The first-order valence-corrected chi connectivity index (χ1v) is 11.9. The first-order chi connectivity index (χ1) is 17.0. The number of aromatic hydroxyl groups is 1. The zero-order chi connectivity index (χ0) is 24.4. The Kier molecular flexibility index (Phi) is 6.70. The van der Waals surface area contributed by atoms with Gasteiger partial charge in [-0.25, -0.2) is 0 Å². The van der Waals surface area contributed by atoms with Crippen molar-refractivity contribution in [1.82, 2.24) is 4.90 Å². The average molecular weight is 495 g/mol. The molecule has 1 atom stereocenters. The number of hydrogen-bond donors (Lipinski definition) is 2. The molecular formula is C27H27ClN2O5. The molecule has 5 rings (SSSR count). The highest BCUT2D eigenvalue weighted by Gasteiger charge is 2.31. The molecule has 7 nitrogen and oxygen atoms in total. The molecule has 1 saturated heterocycles. The number of fused-ring (bicyclic) bond motifs is 1. The molecule has 8 heteroatoms. The molecular weight excluding hydrogens is 468 g/mol. The van der Waals surface area contributed by atoms with Crippen LogP contribution in [0.3, 0.4) is 0 Å². The topological polar surface area (TPSA) is 80.3 Å². The van der Waals surface area contributed by atoms with E-state index >= 15 is 0 Å². The Morgan fingerprint density at radius 3 is 2.77 bits per heavy atom. The summed E-state index contributed by atoms with van der Waals surface area (Å²) in [5.74, 6) is 0.438. The van der Waals surface area contributed by atoms with Gasteiger partial charge in [0.1, 0.15) is 29.4 Å². The van der Waals surface area contributed by atoms with Crippen LogP contribution in [0.15, 0.2) is 54.6 Å². The lowest BCUT2D eigenvalue weighted by Crippen LogP contribution is -2.26. The van der Waals surface area contributed by atoms with E-state index in [9.17, 15) is 9.90 Å². The molecule has 0 spiro atoms. The molecule has 1 fully saturated rings. The Morgan fingerprint density at radius 1 is 1.20 bits per heavy atom. The standard InChI is InChI=1S/C27H27ClN2O5/c1-33-21-9-18-13-30(14-22(18)23(12-21)29-20-7-8-34-16-20)27(32)26-24(31)10-19(28)11-25(26)35-15-17-5-3-2-4-6-17/h2-6,9-12,20,29,31H,7-8,13-16H2,1H3/t20-/m0/s1. The van der Waals surface area contributed by atoms with Gasteiger partial charge >= 0.3 is 0 Å². The summed E-state index contributed by atoms with van der Waals surface area (Å²) in [6.45, 7) is 2.41. The number of phenols is 1. The molecule has 3 aromatic carbocycles. The second-order valence-electron chi connectivity index (χ2n) is 8.75. The van der Waals surface area contributed by atoms with Crippen LogP contribution in [0.1, 0.15) is 33.5 Å². The minimum atomic E-state index is -0.326. The van der Waals surface area contributed by atoms with Gasteiger partial charge < -0.3 is 29.5 Å². The van der Waals surface area contributed by atoms with Crippen LogP contribution in [0.5, 0.6) is 17.2 Å². The molecule has 0 aromatic heterocycles. The van der Waals surface area contributed by atoms with Gasteiger partial charge in [-0.3, -0.25) is 4.79 Å². The van der Waals surface area contributed by atoms with E-state index in [1.54, 1.807) is 18.1 Å². The third-order valence-corrected chi connectivity index (χ3v) is 6.55. The summed E-state index contributed by atoms with van der Waals surface area (Å²) in [5, 5.41) is 14.5. The molecule has 0 saturated carbocycles. The van der Waals surface area contributed by atoms with Crippen LogP contribution in [-0.2, 0) is 24.4 Å². The zero-order valence-corrected chi connectivity index (χ0v) is 20.2. The number of nitrogens with one attached hydrogen (secondary N) is 1. The normalized spacial score (nSPS) is 16.7. The zero-order valence-electron chi connectivity index (χ0n) is 19.4. The Labute approximate surface area is 209 Å². The van der Waals surface area contributed by atoms with Gasteiger partial charge in [-0.2, -0.15) is 0 Å². The fourth-order valence-corrected chi connectivity index (χ4v) is 4.73. The van der Waals surface area contributed by atoms with Crippen molar-refractivity contribution in [3.05, 3.63) is 81.9 Å². The number of carbonyl (C=O) groups is 1. The smallest absolute Gasteiger partial charge is 0.262 e. The lowest BCUT2D eigenvalue weighted by Gasteiger charge is -2.20. The summed E-state index contributed by atoms with van der Waals surface area (Å²) in [5.41, 5.74) is 4.01. The SMILES string of the molecule is COc1cc2c(c(N[C@H]3CCOC3)c1)CN(C(=O)c1c(O)cc(Cl)cc1OCc1ccccc1)C2. The first kappa shape index (κ1) is 23.3. The predicted octanol–water partition coefficient (Wildman–Crippen LogP) is 4.99. The summed E-state index contributed by atoms with van der Waals surface area (Å²) in [6.07, 6.45) is 0.926. The van der Waals surface area contributed by atoms with Crippen molar-refractivity contribution in [2.75, 3.05) is 25.6 Å². The van der Waals surface area contributed by atoms with Crippen LogP contribution in [0.25, 0.3) is 0 Å². The molecule has 0 aliphatic carbocycles. The number of halogens is 1. The van der Waals surface area contributed by atoms with E-state index in [1.807, 2.05) is 42.5 Å². The predicted molar refractivity (Wildman–Crippen MR) is 133 cm³/mol. The Bertz CT molecular complexity index is 1230. The second-order valence-corrected chi connectivity index (χ2v) is 9.19. The lowest BCUT2D eigenvalue weighted by atomic mass is 10.1. The number of hydrogen-bond acceptors (Lipinski definition) is 6. The van der Waals surface area contributed by atoms with Crippen molar-refractivity contribution >= 4 is 23.2 Å². The molecule has 0 bridgehead atoms. The second kappa shape index (κ2) is 10.1. The van der Waals surface area contributed by atoms with Gasteiger partial charge in [0.25, 0.3) is 5.91 Å². The highest BCUT2D eigenvalue weighted by atomic mass is 35.5. The quantitative estimate of drug-likeness (QED) is 0.481. The van der Waals surface area contributed by atoms with Gasteiger partial charge in [-0.1, -0.05) is 41.9 Å². The van der Waals surface area contributed by atoms with Crippen molar-refractivity contribution in [1.29, 1.82) is 0 Å². The number of benzene rings is 3. The minimum Gasteiger partial charge on any atom is -0.507 e. The Balaban J connectivity index is 1.41. The number of amides is 1. The van der Waals surface area contributed by atoms with Gasteiger partial charge in [0.2, 0.25) is 0 Å². The molecule has 35 heavy (non-hydrogen) atoms. The van der Waals surface area contributed by atoms with Crippen molar-refractivity contribution in [3.63, 3.8) is 0 Å². The molecule has 2 aliphatic rings. The summed E-state index contributed by atoms with van der Waals surface area (Å²) in [7, 11) is 1.63. The van der Waals surface area contributed by atoms with Crippen LogP contribution < -0.4 is 14.8 Å². The van der Waals surface area contributed by atoms with Gasteiger partial charge in [0, 0.05) is 36.5 Å². The molecule has 3 aromatic rings. The average Bonchev–Trinajstić information content (AvgIpc) is 3.52. The Morgan fingerprint density at radius 2 is 2.03 bits per heavy atom. The minimum absolute atomic E-state index is 0.101.